The Labute approximate surface area is 132 Å². The highest BCUT2D eigenvalue weighted by Crippen LogP contribution is 2.31. The van der Waals surface area contributed by atoms with Crippen LogP contribution in [0.1, 0.15) is 20.8 Å². The van der Waals surface area contributed by atoms with Crippen molar-refractivity contribution in [2.24, 2.45) is 0 Å². The van der Waals surface area contributed by atoms with E-state index in [0.717, 1.165) is 0 Å². The van der Waals surface area contributed by atoms with Crippen molar-refractivity contribution < 1.29 is 19.2 Å². The van der Waals surface area contributed by atoms with Gasteiger partial charge >= 0.3 is 6.09 Å². The van der Waals surface area contributed by atoms with Gasteiger partial charge in [-0.05, 0) is 26.8 Å². The number of ether oxygens (including phenoxy) is 2. The Morgan fingerprint density at radius 3 is 2.57 bits per heavy atom. The van der Waals surface area contributed by atoms with E-state index in [0.29, 0.717) is 22.3 Å². The van der Waals surface area contributed by atoms with Gasteiger partial charge in [0.05, 0.1) is 23.2 Å². The number of aromatic nitrogens is 1. The summed E-state index contributed by atoms with van der Waals surface area (Å²) in [4.78, 5) is 26.2. The highest BCUT2D eigenvalue weighted by atomic mass is 16.6. The molecule has 0 saturated carbocycles. The molecule has 0 fully saturated rings. The minimum Gasteiger partial charge on any atom is -0.494 e. The monoisotopic (exact) mass is 319 g/mol. The van der Waals surface area contributed by atoms with Crippen molar-refractivity contribution >= 4 is 28.4 Å². The van der Waals surface area contributed by atoms with Crippen molar-refractivity contribution in [2.45, 2.75) is 26.4 Å². The van der Waals surface area contributed by atoms with E-state index in [4.69, 9.17) is 9.47 Å². The molecule has 0 saturated heterocycles. The largest absolute Gasteiger partial charge is 0.494 e. The Bertz CT molecular complexity index is 768. The standard InChI is InChI=1S/C15H17N3O5/c1-15(2,3)23-14(19)17-12-6-9-5-10(18(20)21)8-16-11(9)7-13(12)22-4/h5-8H,1-4H3,(H,17,19). The zero-order valence-corrected chi connectivity index (χ0v) is 13.2. The quantitative estimate of drug-likeness (QED) is 0.686. The van der Waals surface area contributed by atoms with Gasteiger partial charge in [-0.15, -0.1) is 0 Å². The molecule has 2 aromatic rings. The maximum Gasteiger partial charge on any atom is 0.412 e. The molecule has 0 radical (unpaired) electrons. The van der Waals surface area contributed by atoms with Crippen molar-refractivity contribution in [2.75, 3.05) is 12.4 Å². The van der Waals surface area contributed by atoms with E-state index in [1.165, 1.54) is 19.4 Å². The molecule has 23 heavy (non-hydrogen) atoms. The van der Waals surface area contributed by atoms with E-state index < -0.39 is 16.6 Å². The molecule has 0 aliphatic carbocycles. The molecule has 0 atom stereocenters. The third-order valence-corrected chi connectivity index (χ3v) is 2.83. The first kappa shape index (κ1) is 16.5. The molecule has 1 amide bonds. The fourth-order valence-electron chi connectivity index (χ4n) is 1.93. The molecule has 0 aliphatic heterocycles. The van der Waals surface area contributed by atoms with Crippen LogP contribution in [0.3, 0.4) is 0 Å². The Morgan fingerprint density at radius 2 is 2.00 bits per heavy atom. The van der Waals surface area contributed by atoms with Crippen LogP contribution in [0.2, 0.25) is 0 Å². The van der Waals surface area contributed by atoms with Crippen LogP contribution in [0.5, 0.6) is 5.75 Å². The molecule has 0 spiro atoms. The number of fused-ring (bicyclic) bond motifs is 1. The molecule has 8 nitrogen and oxygen atoms in total. The van der Waals surface area contributed by atoms with Gasteiger partial charge in [-0.25, -0.2) is 9.78 Å². The molecule has 1 aromatic heterocycles. The van der Waals surface area contributed by atoms with Crippen LogP contribution in [0, 0.1) is 10.1 Å². The number of carbonyl (C=O) groups is 1. The Balaban J connectivity index is 2.41. The predicted molar refractivity (Wildman–Crippen MR) is 84.8 cm³/mol. The summed E-state index contributed by atoms with van der Waals surface area (Å²) in [7, 11) is 1.45. The molecule has 1 N–H and O–H groups in total. The lowest BCUT2D eigenvalue weighted by Gasteiger charge is -2.20. The molecule has 0 bridgehead atoms. The average molecular weight is 319 g/mol. The van der Waals surface area contributed by atoms with E-state index in [-0.39, 0.29) is 5.69 Å². The highest BCUT2D eigenvalue weighted by Gasteiger charge is 2.18. The van der Waals surface area contributed by atoms with Crippen molar-refractivity contribution in [1.82, 2.24) is 4.98 Å². The number of rotatable bonds is 3. The summed E-state index contributed by atoms with van der Waals surface area (Å²) >= 11 is 0. The van der Waals surface area contributed by atoms with Crippen LogP contribution in [0.15, 0.2) is 24.4 Å². The minimum absolute atomic E-state index is 0.133. The fraction of sp³-hybridized carbons (Fsp3) is 0.333. The van der Waals surface area contributed by atoms with E-state index in [9.17, 15) is 14.9 Å². The fourth-order valence-corrected chi connectivity index (χ4v) is 1.93. The first-order chi connectivity index (χ1) is 10.7. The van der Waals surface area contributed by atoms with E-state index in [1.807, 2.05) is 0 Å². The lowest BCUT2D eigenvalue weighted by atomic mass is 10.1. The van der Waals surface area contributed by atoms with Crippen LogP contribution in [0.4, 0.5) is 16.2 Å². The van der Waals surface area contributed by atoms with Gasteiger partial charge in [0.1, 0.15) is 17.5 Å². The minimum atomic E-state index is -0.645. The number of amides is 1. The van der Waals surface area contributed by atoms with Gasteiger partial charge in [0.15, 0.2) is 0 Å². The van der Waals surface area contributed by atoms with Crippen molar-refractivity contribution in [3.63, 3.8) is 0 Å². The predicted octanol–water partition coefficient (Wildman–Crippen LogP) is 3.50. The molecule has 1 heterocycles. The molecule has 0 aliphatic rings. The zero-order valence-electron chi connectivity index (χ0n) is 13.2. The Kier molecular flexibility index (Phi) is 4.35. The van der Waals surface area contributed by atoms with Crippen LogP contribution in [-0.2, 0) is 4.74 Å². The molecular weight excluding hydrogens is 302 g/mol. The summed E-state index contributed by atoms with van der Waals surface area (Å²) < 4.78 is 10.4. The normalized spacial score (nSPS) is 11.1. The van der Waals surface area contributed by atoms with Gasteiger partial charge in [-0.1, -0.05) is 0 Å². The lowest BCUT2D eigenvalue weighted by molar-refractivity contribution is -0.385. The summed E-state index contributed by atoms with van der Waals surface area (Å²) in [6.07, 6.45) is 0.525. The van der Waals surface area contributed by atoms with Crippen LogP contribution in [0.25, 0.3) is 10.9 Å². The van der Waals surface area contributed by atoms with Crippen molar-refractivity contribution in [3.8, 4) is 5.75 Å². The number of carbonyl (C=O) groups excluding carboxylic acids is 1. The van der Waals surface area contributed by atoms with Crippen LogP contribution >= 0.6 is 0 Å². The highest BCUT2D eigenvalue weighted by molar-refractivity contribution is 5.93. The Hall–Kier alpha value is -2.90. The van der Waals surface area contributed by atoms with Gasteiger partial charge in [-0.3, -0.25) is 15.4 Å². The molecule has 122 valence electrons. The third kappa shape index (κ3) is 4.06. The van der Waals surface area contributed by atoms with E-state index in [2.05, 4.69) is 10.3 Å². The molecule has 8 heteroatoms. The van der Waals surface area contributed by atoms with Gasteiger partial charge in [0.2, 0.25) is 0 Å². The van der Waals surface area contributed by atoms with Crippen molar-refractivity contribution in [3.05, 3.63) is 34.5 Å². The summed E-state index contributed by atoms with van der Waals surface area (Å²) in [6.45, 7) is 5.24. The number of hydrogen-bond acceptors (Lipinski definition) is 6. The molecule has 0 unspecified atom stereocenters. The number of methoxy groups -OCH3 is 1. The summed E-state index contributed by atoms with van der Waals surface area (Å²) in [6, 6.07) is 4.52. The van der Waals surface area contributed by atoms with Gasteiger partial charge in [0, 0.05) is 17.5 Å². The number of nitrogens with zero attached hydrogens (tertiary/aromatic N) is 2. The maximum absolute atomic E-state index is 11.9. The Morgan fingerprint density at radius 1 is 1.30 bits per heavy atom. The molecule has 1 aromatic carbocycles. The second kappa shape index (κ2) is 6.07. The van der Waals surface area contributed by atoms with Gasteiger partial charge in [0.25, 0.3) is 5.69 Å². The SMILES string of the molecule is COc1cc2ncc([N+](=O)[O-])cc2cc1NC(=O)OC(C)(C)C. The number of benzene rings is 1. The summed E-state index contributed by atoms with van der Waals surface area (Å²) in [5.74, 6) is 0.379. The van der Waals surface area contributed by atoms with Crippen LogP contribution < -0.4 is 10.1 Å². The second-order valence-corrected chi connectivity index (χ2v) is 5.82. The number of anilines is 1. The molecular formula is C15H17N3O5. The van der Waals surface area contributed by atoms with Crippen LogP contribution in [-0.4, -0.2) is 28.7 Å². The van der Waals surface area contributed by atoms with Crippen molar-refractivity contribution in [1.29, 1.82) is 0 Å². The topological polar surface area (TPSA) is 104 Å². The summed E-state index contributed by atoms with van der Waals surface area (Å²) in [5.41, 5.74) is 0.0822. The third-order valence-electron chi connectivity index (χ3n) is 2.83. The number of pyridine rings is 1. The first-order valence-corrected chi connectivity index (χ1v) is 6.82. The van der Waals surface area contributed by atoms with Gasteiger partial charge < -0.3 is 9.47 Å². The average Bonchev–Trinajstić information content (AvgIpc) is 2.43. The first-order valence-electron chi connectivity index (χ1n) is 6.82. The summed E-state index contributed by atoms with van der Waals surface area (Å²) in [5, 5.41) is 13.9. The van der Waals surface area contributed by atoms with E-state index in [1.54, 1.807) is 32.9 Å². The second-order valence-electron chi connectivity index (χ2n) is 5.82. The van der Waals surface area contributed by atoms with E-state index >= 15 is 0 Å². The maximum atomic E-state index is 11.9. The molecule has 2 rings (SSSR count). The smallest absolute Gasteiger partial charge is 0.412 e. The lowest BCUT2D eigenvalue weighted by Crippen LogP contribution is -2.27. The number of hydrogen-bond donors (Lipinski definition) is 1. The van der Waals surface area contributed by atoms with Gasteiger partial charge in [-0.2, -0.15) is 0 Å². The number of nitrogens with one attached hydrogen (secondary N) is 1. The zero-order chi connectivity index (χ0) is 17.2. The number of nitro groups is 1.